The lowest BCUT2D eigenvalue weighted by Gasteiger charge is -2.36. The Balaban J connectivity index is 1.62. The van der Waals surface area contributed by atoms with Gasteiger partial charge in [-0.25, -0.2) is 4.99 Å². The first-order chi connectivity index (χ1) is 14.8. The van der Waals surface area contributed by atoms with E-state index in [4.69, 9.17) is 23.2 Å². The van der Waals surface area contributed by atoms with Crippen LogP contribution in [0.2, 0.25) is 10.0 Å². The molecule has 3 aliphatic rings. The Morgan fingerprint density at radius 2 is 1.90 bits per heavy atom. The number of fused-ring (bicyclic) bond motifs is 1. The number of dihydropyridines is 1. The van der Waals surface area contributed by atoms with Crippen molar-refractivity contribution < 1.29 is 9.59 Å². The van der Waals surface area contributed by atoms with E-state index in [1.165, 1.54) is 0 Å². The summed E-state index contributed by atoms with van der Waals surface area (Å²) in [5, 5.41) is 4.43. The average molecular weight is 463 g/mol. The first kappa shape index (κ1) is 22.5. The highest BCUT2D eigenvalue weighted by atomic mass is 35.5. The number of aliphatic imine (C=N–C) groups is 1. The van der Waals surface area contributed by atoms with E-state index < -0.39 is 5.92 Å². The van der Waals surface area contributed by atoms with Crippen LogP contribution in [-0.4, -0.2) is 66.6 Å². The molecule has 3 heterocycles. The molecule has 2 atom stereocenters. The fourth-order valence-electron chi connectivity index (χ4n) is 4.75. The highest BCUT2D eigenvalue weighted by Crippen LogP contribution is 2.39. The maximum Gasteiger partial charge on any atom is 0.255 e. The van der Waals surface area contributed by atoms with Crippen molar-refractivity contribution in [1.82, 2.24) is 15.1 Å². The number of amides is 2. The van der Waals surface area contributed by atoms with Crippen LogP contribution in [0.15, 0.2) is 22.7 Å². The van der Waals surface area contributed by atoms with Crippen molar-refractivity contribution in [3.8, 4) is 0 Å². The Hall–Kier alpha value is -1.73. The highest BCUT2D eigenvalue weighted by Gasteiger charge is 2.35. The van der Waals surface area contributed by atoms with Gasteiger partial charge < -0.3 is 10.2 Å². The van der Waals surface area contributed by atoms with Gasteiger partial charge in [0.15, 0.2) is 0 Å². The molecule has 0 aliphatic carbocycles. The van der Waals surface area contributed by atoms with Crippen LogP contribution in [0.25, 0.3) is 0 Å². The number of nitrogens with zero attached hydrogens (tertiary/aromatic N) is 3. The number of benzene rings is 1. The van der Waals surface area contributed by atoms with Crippen molar-refractivity contribution in [2.45, 2.75) is 33.2 Å². The lowest BCUT2D eigenvalue weighted by molar-refractivity contribution is -0.120. The summed E-state index contributed by atoms with van der Waals surface area (Å²) >= 11 is 13.5. The van der Waals surface area contributed by atoms with E-state index in [1.54, 1.807) is 4.90 Å². The molecule has 0 saturated carbocycles. The number of nitrogens with one attached hydrogen (secondary N) is 1. The fourth-order valence-corrected chi connectivity index (χ4v) is 5.47. The molecule has 3 aliphatic heterocycles. The average Bonchev–Trinajstić information content (AvgIpc) is 2.74. The maximum absolute atomic E-state index is 13.5. The van der Waals surface area contributed by atoms with Gasteiger partial charge in [0, 0.05) is 56.0 Å². The number of piperazine rings is 1. The van der Waals surface area contributed by atoms with Crippen molar-refractivity contribution in [2.75, 3.05) is 39.3 Å². The first-order valence-electron chi connectivity index (χ1n) is 10.8. The third kappa shape index (κ3) is 4.31. The molecule has 0 bridgehead atoms. The summed E-state index contributed by atoms with van der Waals surface area (Å²) in [6, 6.07) is 1.98. The SMILES string of the molecule is CC1=CC(C)=NC(=O)C1CN1CCc2c(Cl)cc(C(C)N3CCNCC3)c(Cl)c2C1=O. The minimum Gasteiger partial charge on any atom is -0.337 e. The molecule has 1 N–H and O–H groups in total. The molecular formula is C23H28Cl2N4O2. The van der Waals surface area contributed by atoms with Gasteiger partial charge in [-0.05, 0) is 50.5 Å². The van der Waals surface area contributed by atoms with E-state index in [-0.39, 0.29) is 17.9 Å². The number of carbonyl (C=O) groups is 2. The van der Waals surface area contributed by atoms with E-state index in [0.717, 1.165) is 42.9 Å². The summed E-state index contributed by atoms with van der Waals surface area (Å²) in [7, 11) is 0. The van der Waals surface area contributed by atoms with Gasteiger partial charge in [-0.1, -0.05) is 28.8 Å². The fraction of sp³-hybridized carbons (Fsp3) is 0.522. The Kier molecular flexibility index (Phi) is 6.54. The van der Waals surface area contributed by atoms with Gasteiger partial charge >= 0.3 is 0 Å². The van der Waals surface area contributed by atoms with Gasteiger partial charge in [-0.2, -0.15) is 0 Å². The minimum absolute atomic E-state index is 0.0583. The molecule has 166 valence electrons. The number of rotatable bonds is 4. The molecule has 1 aromatic carbocycles. The van der Waals surface area contributed by atoms with Gasteiger partial charge in [0.2, 0.25) is 0 Å². The smallest absolute Gasteiger partial charge is 0.255 e. The van der Waals surface area contributed by atoms with Crippen LogP contribution in [0.5, 0.6) is 0 Å². The number of allylic oxidation sites excluding steroid dienone is 1. The van der Waals surface area contributed by atoms with Crippen molar-refractivity contribution >= 4 is 40.7 Å². The first-order valence-corrected chi connectivity index (χ1v) is 11.6. The lowest BCUT2D eigenvalue weighted by Crippen LogP contribution is -2.45. The molecule has 2 unspecified atom stereocenters. The van der Waals surface area contributed by atoms with Crippen LogP contribution in [-0.2, 0) is 11.2 Å². The van der Waals surface area contributed by atoms with E-state index in [1.807, 2.05) is 26.0 Å². The molecule has 0 radical (unpaired) electrons. The second-order valence-corrected chi connectivity index (χ2v) is 9.40. The molecule has 1 saturated heterocycles. The molecule has 0 spiro atoms. The highest BCUT2D eigenvalue weighted by molar-refractivity contribution is 6.37. The Labute approximate surface area is 193 Å². The molecule has 1 fully saturated rings. The topological polar surface area (TPSA) is 65.0 Å². The molecular weight excluding hydrogens is 435 g/mol. The van der Waals surface area contributed by atoms with Crippen LogP contribution in [0.4, 0.5) is 0 Å². The molecule has 6 nitrogen and oxygen atoms in total. The predicted molar refractivity (Wildman–Crippen MR) is 124 cm³/mol. The van der Waals surface area contributed by atoms with Crippen molar-refractivity contribution in [3.63, 3.8) is 0 Å². The predicted octanol–water partition coefficient (Wildman–Crippen LogP) is 3.52. The maximum atomic E-state index is 13.5. The molecule has 4 rings (SSSR count). The van der Waals surface area contributed by atoms with E-state index in [9.17, 15) is 9.59 Å². The molecule has 31 heavy (non-hydrogen) atoms. The molecule has 1 aromatic rings. The van der Waals surface area contributed by atoms with Crippen molar-refractivity contribution in [2.24, 2.45) is 10.9 Å². The lowest BCUT2D eigenvalue weighted by atomic mass is 9.91. The van der Waals surface area contributed by atoms with Crippen LogP contribution in [0.3, 0.4) is 0 Å². The van der Waals surface area contributed by atoms with Crippen LogP contribution in [0, 0.1) is 5.92 Å². The number of hydrogen-bond acceptors (Lipinski definition) is 4. The summed E-state index contributed by atoms with van der Waals surface area (Å²) in [5.74, 6) is -0.762. The van der Waals surface area contributed by atoms with Gasteiger partial charge in [0.05, 0.1) is 16.5 Å². The molecule has 8 heteroatoms. The second kappa shape index (κ2) is 9.02. The van der Waals surface area contributed by atoms with Crippen molar-refractivity contribution in [1.29, 1.82) is 0 Å². The molecule has 2 amide bonds. The van der Waals surface area contributed by atoms with Crippen LogP contribution in [0.1, 0.15) is 48.3 Å². The second-order valence-electron chi connectivity index (χ2n) is 8.61. The van der Waals surface area contributed by atoms with Gasteiger partial charge in [0.25, 0.3) is 11.8 Å². The summed E-state index contributed by atoms with van der Waals surface area (Å²) in [4.78, 5) is 34.1. The number of halogens is 2. The largest absolute Gasteiger partial charge is 0.337 e. The normalized spacial score (nSPS) is 23.4. The van der Waals surface area contributed by atoms with Crippen LogP contribution < -0.4 is 5.32 Å². The standard InChI is InChI=1S/C23H28Cl2N4O2/c1-13-10-14(2)27-22(30)18(13)12-29-7-4-16-19(24)11-17(21(25)20(16)23(29)31)15(3)28-8-5-26-6-9-28/h10-11,15,18,26H,4-9,12H2,1-3H3. The third-order valence-corrected chi connectivity index (χ3v) is 7.35. The van der Waals surface area contributed by atoms with Gasteiger partial charge in [-0.3, -0.25) is 14.5 Å². The third-order valence-electron chi connectivity index (χ3n) is 6.60. The summed E-state index contributed by atoms with van der Waals surface area (Å²) < 4.78 is 0. The zero-order valence-electron chi connectivity index (χ0n) is 18.2. The van der Waals surface area contributed by atoms with Gasteiger partial charge in [-0.15, -0.1) is 0 Å². The van der Waals surface area contributed by atoms with E-state index in [0.29, 0.717) is 40.8 Å². The quantitative estimate of drug-likeness (QED) is 0.742. The Morgan fingerprint density at radius 3 is 2.58 bits per heavy atom. The number of carbonyl (C=O) groups excluding carboxylic acids is 2. The minimum atomic E-state index is -0.411. The zero-order chi connectivity index (χ0) is 22.3. The van der Waals surface area contributed by atoms with E-state index in [2.05, 4.69) is 22.1 Å². The summed E-state index contributed by atoms with van der Waals surface area (Å²) in [6.07, 6.45) is 2.53. The number of hydrogen-bond donors (Lipinski definition) is 1. The van der Waals surface area contributed by atoms with E-state index >= 15 is 0 Å². The van der Waals surface area contributed by atoms with Gasteiger partial charge in [0.1, 0.15) is 0 Å². The van der Waals surface area contributed by atoms with Crippen molar-refractivity contribution in [3.05, 3.63) is 44.5 Å². The van der Waals surface area contributed by atoms with Crippen LogP contribution >= 0.6 is 23.2 Å². The summed E-state index contributed by atoms with van der Waals surface area (Å²) in [5.41, 5.74) is 3.81. The monoisotopic (exact) mass is 462 g/mol. The Morgan fingerprint density at radius 1 is 1.19 bits per heavy atom. The molecule has 0 aromatic heterocycles. The Bertz CT molecular complexity index is 982. The summed E-state index contributed by atoms with van der Waals surface area (Å²) in [6.45, 7) is 10.3. The zero-order valence-corrected chi connectivity index (χ0v) is 19.7.